The third-order valence-electron chi connectivity index (χ3n) is 5.39. The van der Waals surface area contributed by atoms with E-state index in [1.54, 1.807) is 12.1 Å². The van der Waals surface area contributed by atoms with E-state index in [-0.39, 0.29) is 5.91 Å². The van der Waals surface area contributed by atoms with Crippen molar-refractivity contribution in [2.45, 2.75) is 38.6 Å². The molecule has 1 heterocycles. The number of aliphatic carboxylic acids is 2. The van der Waals surface area contributed by atoms with Gasteiger partial charge in [0.25, 0.3) is 5.91 Å². The monoisotopic (exact) mass is 410 g/mol. The van der Waals surface area contributed by atoms with Crippen LogP contribution < -0.4 is 0 Å². The molecule has 1 aliphatic carbocycles. The van der Waals surface area contributed by atoms with Gasteiger partial charge < -0.3 is 15.1 Å². The van der Waals surface area contributed by atoms with Crippen LogP contribution in [-0.2, 0) is 9.59 Å². The number of halogens is 1. The molecular weight excluding hydrogens is 384 g/mol. The fraction of sp³-hybridized carbons (Fsp3) is 0.550. The lowest BCUT2D eigenvalue weighted by Gasteiger charge is -2.43. The zero-order valence-electron chi connectivity index (χ0n) is 16.0. The van der Waals surface area contributed by atoms with E-state index in [9.17, 15) is 4.79 Å². The topological polar surface area (TPSA) is 98.2 Å². The molecule has 2 unspecified atom stereocenters. The molecule has 1 saturated heterocycles. The van der Waals surface area contributed by atoms with Crippen LogP contribution in [0.5, 0.6) is 0 Å². The van der Waals surface area contributed by atoms with Gasteiger partial charge in [0.2, 0.25) is 0 Å². The van der Waals surface area contributed by atoms with Crippen LogP contribution in [0, 0.1) is 5.92 Å². The van der Waals surface area contributed by atoms with Gasteiger partial charge in [0, 0.05) is 42.8 Å². The fourth-order valence-corrected chi connectivity index (χ4v) is 4.09. The van der Waals surface area contributed by atoms with Crippen LogP contribution in [0.25, 0.3) is 0 Å². The molecule has 1 aromatic carbocycles. The van der Waals surface area contributed by atoms with E-state index in [1.165, 1.54) is 25.7 Å². The van der Waals surface area contributed by atoms with Crippen molar-refractivity contribution in [3.8, 4) is 0 Å². The molecule has 0 aromatic heterocycles. The van der Waals surface area contributed by atoms with Crippen LogP contribution in [0.3, 0.4) is 0 Å². The molecule has 1 aliphatic heterocycles. The predicted octanol–water partition coefficient (Wildman–Crippen LogP) is 2.83. The van der Waals surface area contributed by atoms with Crippen LogP contribution in [0.2, 0.25) is 5.02 Å². The van der Waals surface area contributed by atoms with Crippen LogP contribution in [-0.4, -0.2) is 70.1 Å². The molecule has 1 aromatic rings. The Hall–Kier alpha value is -2.12. The molecule has 0 bridgehead atoms. The maximum atomic E-state index is 12.5. The van der Waals surface area contributed by atoms with Crippen molar-refractivity contribution in [3.63, 3.8) is 0 Å². The number of benzene rings is 1. The highest BCUT2D eigenvalue weighted by atomic mass is 35.5. The van der Waals surface area contributed by atoms with Gasteiger partial charge in [-0.3, -0.25) is 9.69 Å². The first-order chi connectivity index (χ1) is 13.3. The average Bonchev–Trinajstić information content (AvgIpc) is 2.68. The van der Waals surface area contributed by atoms with Crippen molar-refractivity contribution in [2.75, 3.05) is 26.2 Å². The summed E-state index contributed by atoms with van der Waals surface area (Å²) < 4.78 is 0. The molecule has 2 aliphatic rings. The molecule has 1 amide bonds. The van der Waals surface area contributed by atoms with Crippen LogP contribution in [0.1, 0.15) is 43.0 Å². The molecule has 154 valence electrons. The van der Waals surface area contributed by atoms with Crippen molar-refractivity contribution in [3.05, 3.63) is 34.9 Å². The van der Waals surface area contributed by atoms with Crippen LogP contribution >= 0.6 is 11.6 Å². The quantitative estimate of drug-likeness (QED) is 0.727. The second-order valence-electron chi connectivity index (χ2n) is 7.28. The summed E-state index contributed by atoms with van der Waals surface area (Å²) in [5.41, 5.74) is 0.701. The van der Waals surface area contributed by atoms with Crippen molar-refractivity contribution >= 4 is 29.4 Å². The minimum absolute atomic E-state index is 0.110. The molecule has 0 spiro atoms. The molecule has 1 saturated carbocycles. The first kappa shape index (κ1) is 22.2. The van der Waals surface area contributed by atoms with Crippen molar-refractivity contribution in [1.82, 2.24) is 9.80 Å². The average molecular weight is 411 g/mol. The van der Waals surface area contributed by atoms with Gasteiger partial charge in [0.05, 0.1) is 0 Å². The summed E-state index contributed by atoms with van der Waals surface area (Å²) in [4.78, 5) is 35.3. The van der Waals surface area contributed by atoms with Gasteiger partial charge in [-0.1, -0.05) is 37.4 Å². The number of piperazine rings is 1. The lowest BCUT2D eigenvalue weighted by atomic mass is 9.84. The lowest BCUT2D eigenvalue weighted by Crippen LogP contribution is -2.53. The number of rotatable bonds is 2. The molecule has 0 radical (unpaired) electrons. The van der Waals surface area contributed by atoms with E-state index in [2.05, 4.69) is 11.8 Å². The second-order valence-corrected chi connectivity index (χ2v) is 7.71. The number of amides is 1. The second kappa shape index (κ2) is 10.4. The zero-order chi connectivity index (χ0) is 20.7. The first-order valence-corrected chi connectivity index (χ1v) is 9.92. The third-order valence-corrected chi connectivity index (χ3v) is 5.63. The van der Waals surface area contributed by atoms with Gasteiger partial charge >= 0.3 is 11.9 Å². The summed E-state index contributed by atoms with van der Waals surface area (Å²) in [6.07, 6.45) is 5.41. The van der Waals surface area contributed by atoms with Crippen molar-refractivity contribution in [1.29, 1.82) is 0 Å². The summed E-state index contributed by atoms with van der Waals surface area (Å²) in [5.74, 6) is -2.74. The van der Waals surface area contributed by atoms with E-state index in [1.807, 2.05) is 17.0 Å². The Labute approximate surface area is 169 Å². The first-order valence-electron chi connectivity index (χ1n) is 9.54. The van der Waals surface area contributed by atoms with Gasteiger partial charge in [-0.2, -0.15) is 0 Å². The maximum absolute atomic E-state index is 12.5. The predicted molar refractivity (Wildman–Crippen MR) is 106 cm³/mol. The molecule has 2 N–H and O–H groups in total. The normalized spacial score (nSPS) is 22.7. The summed E-state index contributed by atoms with van der Waals surface area (Å²) in [6, 6.07) is 7.98. The summed E-state index contributed by atoms with van der Waals surface area (Å²) in [6.45, 7) is 6.04. The number of nitrogens with zero attached hydrogens (tertiary/aromatic N) is 2. The number of carbonyl (C=O) groups is 3. The van der Waals surface area contributed by atoms with Crippen molar-refractivity contribution in [2.24, 2.45) is 5.92 Å². The number of carboxylic acid groups (broad SMARTS) is 2. The third kappa shape index (κ3) is 6.21. The number of hydrogen-bond acceptors (Lipinski definition) is 4. The van der Waals surface area contributed by atoms with E-state index in [0.717, 1.165) is 38.1 Å². The smallest absolute Gasteiger partial charge is 0.414 e. The molecule has 2 fully saturated rings. The molecule has 2 atom stereocenters. The van der Waals surface area contributed by atoms with Gasteiger partial charge in [-0.25, -0.2) is 9.59 Å². The highest BCUT2D eigenvalue weighted by Crippen LogP contribution is 2.28. The Balaban J connectivity index is 0.000000409. The largest absolute Gasteiger partial charge is 0.473 e. The Morgan fingerprint density at radius 3 is 2.14 bits per heavy atom. The SMILES string of the molecule is CC1CCCCC1N1CCN(C(=O)c2cccc(Cl)c2)CC1.O=C(O)C(=O)O. The van der Waals surface area contributed by atoms with Crippen LogP contribution in [0.4, 0.5) is 0 Å². The molecule has 8 heteroatoms. The zero-order valence-corrected chi connectivity index (χ0v) is 16.8. The Morgan fingerprint density at radius 2 is 1.61 bits per heavy atom. The summed E-state index contributed by atoms with van der Waals surface area (Å²) in [7, 11) is 0. The van der Waals surface area contributed by atoms with Gasteiger partial charge in [-0.05, 0) is 37.0 Å². The molecule has 7 nitrogen and oxygen atoms in total. The van der Waals surface area contributed by atoms with Crippen molar-refractivity contribution < 1.29 is 24.6 Å². The molecule has 3 rings (SSSR count). The maximum Gasteiger partial charge on any atom is 0.414 e. The van der Waals surface area contributed by atoms with Gasteiger partial charge in [-0.15, -0.1) is 0 Å². The van der Waals surface area contributed by atoms with E-state index >= 15 is 0 Å². The molecular formula is C20H27ClN2O5. The minimum Gasteiger partial charge on any atom is -0.473 e. The number of carboxylic acids is 2. The lowest BCUT2D eigenvalue weighted by molar-refractivity contribution is -0.159. The Morgan fingerprint density at radius 1 is 1.00 bits per heavy atom. The van der Waals surface area contributed by atoms with Crippen LogP contribution in [0.15, 0.2) is 24.3 Å². The fourth-order valence-electron chi connectivity index (χ4n) is 3.90. The van der Waals surface area contributed by atoms with Gasteiger partial charge in [0.15, 0.2) is 0 Å². The summed E-state index contributed by atoms with van der Waals surface area (Å²) >= 11 is 5.99. The Bertz CT molecular complexity index is 692. The highest BCUT2D eigenvalue weighted by molar-refractivity contribution is 6.31. The minimum atomic E-state index is -1.82. The summed E-state index contributed by atoms with van der Waals surface area (Å²) in [5, 5.41) is 15.4. The van der Waals surface area contributed by atoms with E-state index in [0.29, 0.717) is 10.6 Å². The van der Waals surface area contributed by atoms with E-state index in [4.69, 9.17) is 31.4 Å². The Kier molecular flexibility index (Phi) is 8.26. The van der Waals surface area contributed by atoms with E-state index < -0.39 is 11.9 Å². The number of hydrogen-bond donors (Lipinski definition) is 2. The highest BCUT2D eigenvalue weighted by Gasteiger charge is 2.30. The molecule has 28 heavy (non-hydrogen) atoms. The standard InChI is InChI=1S/C18H25ClN2O.C2H2O4/c1-14-5-2-3-8-17(14)20-9-11-21(12-10-20)18(22)15-6-4-7-16(19)13-15;3-1(4)2(5)6/h4,6-7,13-14,17H,2-3,5,8-12H2,1H3;(H,3,4)(H,5,6). The number of carbonyl (C=O) groups excluding carboxylic acids is 1. The van der Waals surface area contributed by atoms with Gasteiger partial charge in [0.1, 0.15) is 0 Å².